The molecule has 0 nitrogen and oxygen atoms in total. The molecule has 0 aliphatic rings. The highest BCUT2D eigenvalue weighted by molar-refractivity contribution is 7.17. The second-order valence-corrected chi connectivity index (χ2v) is 4.26. The van der Waals surface area contributed by atoms with E-state index in [0.29, 0.717) is 6.42 Å². The Bertz CT molecular complexity index is 94.1. The van der Waals surface area contributed by atoms with Gasteiger partial charge < -0.3 is 0 Å². The van der Waals surface area contributed by atoms with Crippen molar-refractivity contribution in [3.63, 3.8) is 0 Å². The molecule has 13 heavy (non-hydrogen) atoms. The van der Waals surface area contributed by atoms with Gasteiger partial charge in [0, 0.05) is 0 Å². The molecule has 0 aromatic heterocycles. The molecule has 0 heterocycles. The fourth-order valence-corrected chi connectivity index (χ4v) is 1.63. The monoisotopic (exact) mass is 204 g/mol. The number of rotatable bonds is 9. The third-order valence-corrected chi connectivity index (χ3v) is 2.55. The quantitative estimate of drug-likeness (QED) is 0.356. The molecule has 0 spiro atoms. The highest BCUT2D eigenvalue weighted by Gasteiger charge is 1.97. The SMILES string of the molecule is CCCCCCCCCCC(F)[P]. The molecule has 78 valence electrons. The van der Waals surface area contributed by atoms with Gasteiger partial charge in [0.05, 0.1) is 0 Å². The summed E-state index contributed by atoms with van der Waals surface area (Å²) < 4.78 is 12.2. The number of unbranched alkanes of at least 4 members (excludes halogenated alkanes) is 7. The normalized spacial score (nSPS) is 13.2. The molecule has 0 saturated carbocycles. The lowest BCUT2D eigenvalue weighted by Gasteiger charge is -2.01. The summed E-state index contributed by atoms with van der Waals surface area (Å²) in [6.07, 6.45) is 10.8. The molecule has 0 fully saturated rings. The number of hydrogen-bond acceptors (Lipinski definition) is 0. The van der Waals surface area contributed by atoms with Gasteiger partial charge in [-0.2, -0.15) is 0 Å². The third kappa shape index (κ3) is 12.4. The predicted octanol–water partition coefficient (Wildman–Crippen LogP) is 5.22. The van der Waals surface area contributed by atoms with Crippen LogP contribution in [0, 0.1) is 0 Å². The van der Waals surface area contributed by atoms with Crippen LogP contribution < -0.4 is 0 Å². The predicted molar refractivity (Wildman–Crippen MR) is 59.0 cm³/mol. The first-order chi connectivity index (χ1) is 6.27. The Morgan fingerprint density at radius 2 is 1.38 bits per heavy atom. The molecule has 0 N–H and O–H groups in total. The summed E-state index contributed by atoms with van der Waals surface area (Å²) in [5.41, 5.74) is 0. The average Bonchev–Trinajstić information content (AvgIpc) is 2.09. The Balaban J connectivity index is 2.84. The fourth-order valence-electron chi connectivity index (χ4n) is 1.45. The molecule has 0 aromatic rings. The maximum absolute atomic E-state index is 12.2. The molecule has 0 aromatic carbocycles. The Morgan fingerprint density at radius 1 is 0.923 bits per heavy atom. The van der Waals surface area contributed by atoms with E-state index in [2.05, 4.69) is 16.2 Å². The first-order valence-corrected chi connectivity index (χ1v) is 6.11. The number of halogens is 1. The lowest BCUT2D eigenvalue weighted by atomic mass is 10.1. The fraction of sp³-hybridized carbons (Fsp3) is 1.00. The summed E-state index contributed by atoms with van der Waals surface area (Å²) in [5.74, 6) is -0.903. The van der Waals surface area contributed by atoms with Crippen LogP contribution in [-0.2, 0) is 0 Å². The maximum atomic E-state index is 12.2. The molecule has 0 bridgehead atoms. The van der Waals surface area contributed by atoms with Crippen LogP contribution in [0.3, 0.4) is 0 Å². The lowest BCUT2D eigenvalue weighted by Crippen LogP contribution is -1.87. The van der Waals surface area contributed by atoms with Crippen molar-refractivity contribution in [1.29, 1.82) is 0 Å². The molecule has 0 amide bonds. The van der Waals surface area contributed by atoms with Gasteiger partial charge in [0.2, 0.25) is 0 Å². The minimum absolute atomic E-state index is 0.623. The summed E-state index contributed by atoms with van der Waals surface area (Å²) in [4.78, 5) is 0. The minimum atomic E-state index is -0.903. The van der Waals surface area contributed by atoms with E-state index in [0.717, 1.165) is 6.42 Å². The van der Waals surface area contributed by atoms with Gasteiger partial charge in [0.15, 0.2) is 0 Å². The van der Waals surface area contributed by atoms with Crippen molar-refractivity contribution in [2.24, 2.45) is 0 Å². The maximum Gasteiger partial charge on any atom is 0.128 e. The third-order valence-electron chi connectivity index (χ3n) is 2.30. The van der Waals surface area contributed by atoms with E-state index in [1.54, 1.807) is 0 Å². The van der Waals surface area contributed by atoms with Gasteiger partial charge in [-0.05, 0) is 15.7 Å². The van der Waals surface area contributed by atoms with Crippen LogP contribution >= 0.6 is 9.24 Å². The zero-order valence-corrected chi connectivity index (χ0v) is 9.66. The number of alkyl halides is 1. The molecular formula is C11H22FP. The standard InChI is InChI=1S/C11H22FP/c1-2-3-4-5-6-7-8-9-10-11(12)13/h11H,2-10H2,1H3. The largest absolute Gasteiger partial charge is 0.242 e. The van der Waals surface area contributed by atoms with Gasteiger partial charge in [-0.1, -0.05) is 58.3 Å². The van der Waals surface area contributed by atoms with Crippen LogP contribution in [0.25, 0.3) is 0 Å². The van der Waals surface area contributed by atoms with Crippen molar-refractivity contribution < 1.29 is 4.39 Å². The first-order valence-electron chi connectivity index (χ1n) is 5.59. The van der Waals surface area contributed by atoms with Crippen LogP contribution in [-0.4, -0.2) is 5.91 Å². The highest BCUT2D eigenvalue weighted by Crippen LogP contribution is 2.14. The van der Waals surface area contributed by atoms with E-state index in [-0.39, 0.29) is 0 Å². The van der Waals surface area contributed by atoms with Crippen molar-refractivity contribution in [2.75, 3.05) is 0 Å². The first kappa shape index (κ1) is 13.4. The smallest absolute Gasteiger partial charge is 0.128 e. The summed E-state index contributed by atoms with van der Waals surface area (Å²) in [5, 5.41) is 0. The molecule has 0 rings (SSSR count). The van der Waals surface area contributed by atoms with Gasteiger partial charge >= 0.3 is 0 Å². The second kappa shape index (κ2) is 10.4. The average molecular weight is 204 g/mol. The van der Waals surface area contributed by atoms with E-state index in [4.69, 9.17) is 0 Å². The van der Waals surface area contributed by atoms with Crippen LogP contribution in [0.1, 0.15) is 64.7 Å². The Labute approximate surface area is 84.9 Å². The van der Waals surface area contributed by atoms with Crippen molar-refractivity contribution in [3.8, 4) is 0 Å². The van der Waals surface area contributed by atoms with E-state index in [1.165, 1.54) is 44.9 Å². The topological polar surface area (TPSA) is 0 Å². The zero-order chi connectivity index (χ0) is 9.94. The van der Waals surface area contributed by atoms with E-state index in [9.17, 15) is 4.39 Å². The molecule has 1 unspecified atom stereocenters. The molecule has 0 aliphatic carbocycles. The lowest BCUT2D eigenvalue weighted by molar-refractivity contribution is 0.410. The van der Waals surface area contributed by atoms with E-state index >= 15 is 0 Å². The highest BCUT2D eigenvalue weighted by atomic mass is 31.0. The van der Waals surface area contributed by atoms with Crippen molar-refractivity contribution in [3.05, 3.63) is 0 Å². The summed E-state index contributed by atoms with van der Waals surface area (Å²) in [6, 6.07) is 0. The molecule has 0 saturated heterocycles. The zero-order valence-electron chi connectivity index (χ0n) is 8.77. The number of hydrogen-bond donors (Lipinski definition) is 0. The summed E-state index contributed by atoms with van der Waals surface area (Å²) >= 11 is 0. The minimum Gasteiger partial charge on any atom is -0.242 e. The molecule has 2 radical (unpaired) electrons. The van der Waals surface area contributed by atoms with E-state index < -0.39 is 5.91 Å². The van der Waals surface area contributed by atoms with Gasteiger partial charge in [0.1, 0.15) is 5.91 Å². The summed E-state index contributed by atoms with van der Waals surface area (Å²) in [6.45, 7) is 2.23. The Kier molecular flexibility index (Phi) is 10.7. The van der Waals surface area contributed by atoms with Gasteiger partial charge in [0.25, 0.3) is 0 Å². The molecule has 1 atom stereocenters. The van der Waals surface area contributed by atoms with Crippen molar-refractivity contribution in [1.82, 2.24) is 0 Å². The van der Waals surface area contributed by atoms with E-state index in [1.807, 2.05) is 0 Å². The Hall–Kier alpha value is 0.360. The van der Waals surface area contributed by atoms with Crippen LogP contribution in [0.4, 0.5) is 4.39 Å². The van der Waals surface area contributed by atoms with Crippen molar-refractivity contribution in [2.45, 2.75) is 70.6 Å². The van der Waals surface area contributed by atoms with Crippen LogP contribution in [0.2, 0.25) is 0 Å². The molecule has 2 heteroatoms. The van der Waals surface area contributed by atoms with Gasteiger partial charge in [-0.3, -0.25) is 0 Å². The van der Waals surface area contributed by atoms with Gasteiger partial charge in [-0.25, -0.2) is 4.39 Å². The molecule has 0 aliphatic heterocycles. The van der Waals surface area contributed by atoms with Crippen molar-refractivity contribution >= 4 is 9.24 Å². The Morgan fingerprint density at radius 3 is 1.85 bits per heavy atom. The van der Waals surface area contributed by atoms with Gasteiger partial charge in [-0.15, -0.1) is 0 Å². The second-order valence-electron chi connectivity index (χ2n) is 3.70. The molecular weight excluding hydrogens is 182 g/mol. The van der Waals surface area contributed by atoms with Crippen LogP contribution in [0.5, 0.6) is 0 Å². The van der Waals surface area contributed by atoms with Crippen LogP contribution in [0.15, 0.2) is 0 Å². The summed E-state index contributed by atoms with van der Waals surface area (Å²) in [7, 11) is 3.70.